The van der Waals surface area contributed by atoms with E-state index in [2.05, 4.69) is 11.0 Å². The van der Waals surface area contributed by atoms with Crippen molar-refractivity contribution in [3.63, 3.8) is 0 Å². The largest absolute Gasteiger partial charge is 0.381 e. The van der Waals surface area contributed by atoms with E-state index in [9.17, 15) is 5.26 Å². The maximum Gasteiger partial charge on any atom is 0.0870 e. The SMILES string of the molecule is N#CCN(C1CCCC1)C1CCOC2(CCOCC2)C1. The fourth-order valence-electron chi connectivity index (χ4n) is 4.25. The van der Waals surface area contributed by atoms with Crippen LogP contribution in [-0.4, -0.2) is 49.0 Å². The summed E-state index contributed by atoms with van der Waals surface area (Å²) in [5.74, 6) is 0. The number of nitriles is 1. The Morgan fingerprint density at radius 3 is 2.50 bits per heavy atom. The molecule has 3 fully saturated rings. The molecule has 4 nitrogen and oxygen atoms in total. The molecule has 3 rings (SSSR count). The van der Waals surface area contributed by atoms with Gasteiger partial charge < -0.3 is 9.47 Å². The van der Waals surface area contributed by atoms with Gasteiger partial charge in [-0.05, 0) is 38.5 Å². The van der Waals surface area contributed by atoms with Crippen molar-refractivity contribution in [1.29, 1.82) is 5.26 Å². The summed E-state index contributed by atoms with van der Waals surface area (Å²) in [4.78, 5) is 2.49. The van der Waals surface area contributed by atoms with Crippen LogP contribution in [0.3, 0.4) is 0 Å². The van der Waals surface area contributed by atoms with E-state index in [1.807, 2.05) is 0 Å². The van der Waals surface area contributed by atoms with Crippen molar-refractivity contribution >= 4 is 0 Å². The number of rotatable bonds is 3. The average Bonchev–Trinajstić information content (AvgIpc) is 2.99. The van der Waals surface area contributed by atoms with E-state index in [0.717, 1.165) is 45.5 Å². The fourth-order valence-corrected chi connectivity index (χ4v) is 4.25. The standard InChI is InChI=1S/C16H26N2O2/c17-8-9-18(14-3-1-2-4-14)15-5-10-20-16(13-15)6-11-19-12-7-16/h14-15H,1-7,9-13H2. The Balaban J connectivity index is 1.68. The predicted octanol–water partition coefficient (Wildman–Crippen LogP) is 2.48. The van der Waals surface area contributed by atoms with Gasteiger partial charge in [0, 0.05) is 31.9 Å². The minimum absolute atomic E-state index is 0.0352. The Morgan fingerprint density at radius 2 is 1.80 bits per heavy atom. The molecule has 3 aliphatic rings. The van der Waals surface area contributed by atoms with Crippen LogP contribution in [0.1, 0.15) is 51.4 Å². The molecule has 4 heteroatoms. The molecule has 1 aliphatic carbocycles. The number of hydrogen-bond donors (Lipinski definition) is 0. The van der Waals surface area contributed by atoms with Gasteiger partial charge in [0.2, 0.25) is 0 Å². The van der Waals surface area contributed by atoms with E-state index in [4.69, 9.17) is 9.47 Å². The lowest BCUT2D eigenvalue weighted by Gasteiger charge is -2.47. The maximum absolute atomic E-state index is 9.19. The molecule has 2 saturated heterocycles. The zero-order valence-electron chi connectivity index (χ0n) is 12.4. The zero-order chi connectivity index (χ0) is 13.8. The van der Waals surface area contributed by atoms with Gasteiger partial charge in [-0.1, -0.05) is 12.8 Å². The lowest BCUT2D eigenvalue weighted by atomic mass is 9.83. The monoisotopic (exact) mass is 278 g/mol. The molecular formula is C16H26N2O2. The van der Waals surface area contributed by atoms with Gasteiger partial charge in [0.15, 0.2) is 0 Å². The Morgan fingerprint density at radius 1 is 1.05 bits per heavy atom. The summed E-state index contributed by atoms with van der Waals surface area (Å²) >= 11 is 0. The third kappa shape index (κ3) is 3.00. The first-order chi connectivity index (χ1) is 9.83. The zero-order valence-corrected chi connectivity index (χ0v) is 12.4. The Hall–Kier alpha value is -0.630. The molecular weight excluding hydrogens is 252 g/mol. The minimum Gasteiger partial charge on any atom is -0.381 e. The average molecular weight is 278 g/mol. The summed E-state index contributed by atoms with van der Waals surface area (Å²) in [6.45, 7) is 3.09. The molecule has 2 aliphatic heterocycles. The molecule has 0 radical (unpaired) electrons. The lowest BCUT2D eigenvalue weighted by molar-refractivity contribution is -0.153. The highest BCUT2D eigenvalue weighted by Crippen LogP contribution is 2.38. The summed E-state index contributed by atoms with van der Waals surface area (Å²) in [7, 11) is 0. The van der Waals surface area contributed by atoms with Gasteiger partial charge in [-0.15, -0.1) is 0 Å². The van der Waals surface area contributed by atoms with Crippen molar-refractivity contribution in [3.05, 3.63) is 0 Å². The van der Waals surface area contributed by atoms with Gasteiger partial charge >= 0.3 is 0 Å². The quantitative estimate of drug-likeness (QED) is 0.744. The summed E-state index contributed by atoms with van der Waals surface area (Å²) in [5.41, 5.74) is 0.0352. The molecule has 20 heavy (non-hydrogen) atoms. The van der Waals surface area contributed by atoms with Gasteiger partial charge in [-0.2, -0.15) is 5.26 Å². The third-order valence-corrected chi connectivity index (χ3v) is 5.39. The first kappa shape index (κ1) is 14.3. The van der Waals surface area contributed by atoms with E-state index in [1.54, 1.807) is 0 Å². The van der Waals surface area contributed by atoms with Crippen molar-refractivity contribution < 1.29 is 9.47 Å². The van der Waals surface area contributed by atoms with E-state index >= 15 is 0 Å². The molecule has 0 aromatic rings. The highest BCUT2D eigenvalue weighted by atomic mass is 16.5. The van der Waals surface area contributed by atoms with Crippen LogP contribution in [0.15, 0.2) is 0 Å². The Kier molecular flexibility index (Phi) is 4.60. The lowest BCUT2D eigenvalue weighted by Crippen LogP contribution is -2.53. The molecule has 0 aromatic heterocycles. The van der Waals surface area contributed by atoms with Crippen LogP contribution >= 0.6 is 0 Å². The molecule has 1 saturated carbocycles. The Bertz CT molecular complexity index is 348. The third-order valence-electron chi connectivity index (χ3n) is 5.39. The van der Waals surface area contributed by atoms with Crippen LogP contribution in [0.4, 0.5) is 0 Å². The normalized spacial score (nSPS) is 30.7. The van der Waals surface area contributed by atoms with Gasteiger partial charge in [0.05, 0.1) is 18.2 Å². The number of nitrogens with zero attached hydrogens (tertiary/aromatic N) is 2. The van der Waals surface area contributed by atoms with Crippen molar-refractivity contribution in [1.82, 2.24) is 4.90 Å². The summed E-state index contributed by atoms with van der Waals surface area (Å²) in [6.07, 6.45) is 9.42. The molecule has 1 unspecified atom stereocenters. The van der Waals surface area contributed by atoms with Crippen LogP contribution < -0.4 is 0 Å². The number of ether oxygens (including phenoxy) is 2. The minimum atomic E-state index is 0.0352. The van der Waals surface area contributed by atoms with Crippen molar-refractivity contribution in [3.8, 4) is 6.07 Å². The summed E-state index contributed by atoms with van der Waals surface area (Å²) in [5, 5.41) is 9.19. The molecule has 0 N–H and O–H groups in total. The van der Waals surface area contributed by atoms with Crippen LogP contribution in [0.25, 0.3) is 0 Å². The highest BCUT2D eigenvalue weighted by molar-refractivity contribution is 4.96. The van der Waals surface area contributed by atoms with E-state index in [-0.39, 0.29) is 5.60 Å². The van der Waals surface area contributed by atoms with Crippen LogP contribution in [-0.2, 0) is 9.47 Å². The topological polar surface area (TPSA) is 45.5 Å². The summed E-state index contributed by atoms with van der Waals surface area (Å²) in [6, 6.07) is 3.56. The Labute approximate surface area is 122 Å². The maximum atomic E-state index is 9.19. The van der Waals surface area contributed by atoms with Gasteiger partial charge in [-0.25, -0.2) is 0 Å². The van der Waals surface area contributed by atoms with Crippen molar-refractivity contribution in [2.75, 3.05) is 26.4 Å². The summed E-state index contributed by atoms with van der Waals surface area (Å²) < 4.78 is 11.6. The second-order valence-electron chi connectivity index (χ2n) is 6.56. The predicted molar refractivity (Wildman–Crippen MR) is 76.3 cm³/mol. The van der Waals surface area contributed by atoms with Gasteiger partial charge in [0.25, 0.3) is 0 Å². The van der Waals surface area contributed by atoms with Crippen LogP contribution in [0.2, 0.25) is 0 Å². The second kappa shape index (κ2) is 6.43. The molecule has 0 bridgehead atoms. The molecule has 112 valence electrons. The van der Waals surface area contributed by atoms with Crippen LogP contribution in [0, 0.1) is 11.3 Å². The highest BCUT2D eigenvalue weighted by Gasteiger charge is 2.42. The first-order valence-corrected chi connectivity index (χ1v) is 8.17. The van der Waals surface area contributed by atoms with Crippen LogP contribution in [0.5, 0.6) is 0 Å². The van der Waals surface area contributed by atoms with E-state index < -0.39 is 0 Å². The fraction of sp³-hybridized carbons (Fsp3) is 0.938. The van der Waals surface area contributed by atoms with Crippen molar-refractivity contribution in [2.45, 2.75) is 69.1 Å². The second-order valence-corrected chi connectivity index (χ2v) is 6.56. The molecule has 2 heterocycles. The first-order valence-electron chi connectivity index (χ1n) is 8.17. The molecule has 1 atom stereocenters. The van der Waals surface area contributed by atoms with Gasteiger partial charge in [0.1, 0.15) is 0 Å². The van der Waals surface area contributed by atoms with E-state index in [0.29, 0.717) is 18.6 Å². The smallest absolute Gasteiger partial charge is 0.0870 e. The van der Waals surface area contributed by atoms with Crippen molar-refractivity contribution in [2.24, 2.45) is 0 Å². The molecule has 0 aromatic carbocycles. The van der Waals surface area contributed by atoms with Gasteiger partial charge in [-0.3, -0.25) is 4.90 Å². The molecule has 0 amide bonds. The molecule has 1 spiro atoms. The number of hydrogen-bond acceptors (Lipinski definition) is 4. The van der Waals surface area contributed by atoms with E-state index in [1.165, 1.54) is 25.7 Å².